The third-order valence-corrected chi connectivity index (χ3v) is 2.20. The molecular formula is C13H12N4O2. The summed E-state index contributed by atoms with van der Waals surface area (Å²) in [7, 11) is 0. The fourth-order valence-corrected chi connectivity index (χ4v) is 1.29. The molecule has 19 heavy (non-hydrogen) atoms. The third kappa shape index (κ3) is 4.19. The summed E-state index contributed by atoms with van der Waals surface area (Å²) >= 11 is 0. The van der Waals surface area contributed by atoms with E-state index in [4.69, 9.17) is 10.2 Å². The summed E-state index contributed by atoms with van der Waals surface area (Å²) in [5.74, 6) is 0.372. The number of hydrogen-bond donors (Lipinski definition) is 2. The molecule has 0 bridgehead atoms. The highest BCUT2D eigenvalue weighted by Gasteiger charge is 1.90. The fraction of sp³-hybridized carbons (Fsp3) is 0.0769. The first kappa shape index (κ1) is 12.7. The van der Waals surface area contributed by atoms with Crippen molar-refractivity contribution in [1.82, 2.24) is 0 Å². The maximum absolute atomic E-state index is 9.09. The number of rotatable bonds is 4. The zero-order valence-corrected chi connectivity index (χ0v) is 10.0. The summed E-state index contributed by atoms with van der Waals surface area (Å²) < 4.78 is 0. The number of aromatic hydroxyl groups is 2. The van der Waals surface area contributed by atoms with Crippen molar-refractivity contribution in [3.05, 3.63) is 48.5 Å². The first-order valence-electron chi connectivity index (χ1n) is 5.57. The second-order valence-corrected chi connectivity index (χ2v) is 3.66. The van der Waals surface area contributed by atoms with Crippen molar-refractivity contribution >= 4 is 11.4 Å². The predicted octanol–water partition coefficient (Wildman–Crippen LogP) is 3.92. The Kier molecular flexibility index (Phi) is 4.17. The second-order valence-electron chi connectivity index (χ2n) is 3.66. The van der Waals surface area contributed by atoms with Gasteiger partial charge in [-0.05, 0) is 48.5 Å². The molecule has 0 aliphatic carbocycles. The van der Waals surface area contributed by atoms with Gasteiger partial charge in [0, 0.05) is 0 Å². The molecule has 0 saturated carbocycles. The lowest BCUT2D eigenvalue weighted by atomic mass is 10.3. The number of benzene rings is 2. The Morgan fingerprint density at radius 2 is 1.00 bits per heavy atom. The molecule has 2 rings (SSSR count). The van der Waals surface area contributed by atoms with Crippen LogP contribution in [0.25, 0.3) is 0 Å². The van der Waals surface area contributed by atoms with E-state index in [9.17, 15) is 0 Å². The van der Waals surface area contributed by atoms with Crippen LogP contribution in [0.3, 0.4) is 0 Å². The SMILES string of the molecule is Oc1ccc(N=NCN=Nc2ccc(O)cc2)cc1. The fourth-order valence-electron chi connectivity index (χ4n) is 1.29. The van der Waals surface area contributed by atoms with Gasteiger partial charge in [-0.1, -0.05) is 0 Å². The second kappa shape index (κ2) is 6.25. The van der Waals surface area contributed by atoms with Gasteiger partial charge in [0.1, 0.15) is 11.5 Å². The normalized spacial score (nSPS) is 11.4. The molecule has 0 aliphatic heterocycles. The molecule has 0 unspecified atom stereocenters. The summed E-state index contributed by atoms with van der Waals surface area (Å²) in [5, 5.41) is 33.7. The molecule has 2 N–H and O–H groups in total. The number of nitrogens with zero attached hydrogens (tertiary/aromatic N) is 4. The number of azo groups is 2. The molecule has 0 spiro atoms. The van der Waals surface area contributed by atoms with Crippen molar-refractivity contribution in [2.24, 2.45) is 20.5 Å². The van der Waals surface area contributed by atoms with Crippen LogP contribution >= 0.6 is 0 Å². The number of phenolic OH excluding ortho intramolecular Hbond substituents is 2. The van der Waals surface area contributed by atoms with E-state index in [1.54, 1.807) is 24.3 Å². The van der Waals surface area contributed by atoms with E-state index in [1.165, 1.54) is 24.3 Å². The van der Waals surface area contributed by atoms with Crippen LogP contribution in [0.4, 0.5) is 11.4 Å². The Balaban J connectivity index is 1.86. The molecule has 0 saturated heterocycles. The molecule has 2 aromatic rings. The average molecular weight is 256 g/mol. The van der Waals surface area contributed by atoms with Crippen LogP contribution in [0.15, 0.2) is 69.0 Å². The molecule has 96 valence electrons. The van der Waals surface area contributed by atoms with Gasteiger partial charge in [0.25, 0.3) is 0 Å². The molecule has 0 radical (unpaired) electrons. The molecule has 0 heterocycles. The first-order valence-corrected chi connectivity index (χ1v) is 5.57. The van der Waals surface area contributed by atoms with Crippen molar-refractivity contribution < 1.29 is 10.2 Å². The summed E-state index contributed by atoms with van der Waals surface area (Å²) in [6.45, 7) is 0.113. The van der Waals surface area contributed by atoms with Gasteiger partial charge in [-0.3, -0.25) is 0 Å². The minimum atomic E-state index is 0.113. The molecular weight excluding hydrogens is 244 g/mol. The van der Waals surface area contributed by atoms with E-state index in [1.807, 2.05) is 0 Å². The Hall–Kier alpha value is -2.76. The highest BCUT2D eigenvalue weighted by Crippen LogP contribution is 2.18. The van der Waals surface area contributed by atoms with E-state index >= 15 is 0 Å². The van der Waals surface area contributed by atoms with Crippen LogP contribution in [0.1, 0.15) is 0 Å². The predicted molar refractivity (Wildman–Crippen MR) is 70.1 cm³/mol. The van der Waals surface area contributed by atoms with Gasteiger partial charge in [0.2, 0.25) is 0 Å². The highest BCUT2D eigenvalue weighted by molar-refractivity contribution is 5.40. The first-order chi connectivity index (χ1) is 9.24. The van der Waals surface area contributed by atoms with Gasteiger partial charge < -0.3 is 10.2 Å². The molecule has 6 heteroatoms. The molecule has 0 amide bonds. The standard InChI is InChI=1S/C13H12N4O2/c18-12-5-1-10(2-6-12)16-14-9-15-17-11-3-7-13(19)8-4-11/h1-8,18-19H,9H2. The number of phenols is 2. The largest absolute Gasteiger partial charge is 0.508 e. The zero-order chi connectivity index (χ0) is 13.5. The van der Waals surface area contributed by atoms with Crippen molar-refractivity contribution in [2.75, 3.05) is 6.67 Å². The van der Waals surface area contributed by atoms with Gasteiger partial charge >= 0.3 is 0 Å². The van der Waals surface area contributed by atoms with E-state index in [2.05, 4.69) is 20.5 Å². The van der Waals surface area contributed by atoms with Crippen LogP contribution in [-0.4, -0.2) is 16.9 Å². The topological polar surface area (TPSA) is 89.9 Å². The van der Waals surface area contributed by atoms with Crippen LogP contribution < -0.4 is 0 Å². The third-order valence-electron chi connectivity index (χ3n) is 2.20. The molecule has 2 aromatic carbocycles. The van der Waals surface area contributed by atoms with Crippen LogP contribution in [0.5, 0.6) is 11.5 Å². The maximum atomic E-state index is 9.09. The van der Waals surface area contributed by atoms with Gasteiger partial charge in [0.05, 0.1) is 11.4 Å². The summed E-state index contributed by atoms with van der Waals surface area (Å²) in [5.41, 5.74) is 1.27. The molecule has 6 nitrogen and oxygen atoms in total. The van der Waals surface area contributed by atoms with E-state index in [0.717, 1.165) is 0 Å². The van der Waals surface area contributed by atoms with Gasteiger partial charge in [-0.2, -0.15) is 20.5 Å². The molecule has 0 aromatic heterocycles. The van der Waals surface area contributed by atoms with E-state index in [-0.39, 0.29) is 18.2 Å². The summed E-state index contributed by atoms with van der Waals surface area (Å²) in [4.78, 5) is 0. The van der Waals surface area contributed by atoms with E-state index in [0.29, 0.717) is 11.4 Å². The lowest BCUT2D eigenvalue weighted by Gasteiger charge is -1.93. The van der Waals surface area contributed by atoms with Crippen LogP contribution in [-0.2, 0) is 0 Å². The Bertz CT molecular complexity index is 523. The van der Waals surface area contributed by atoms with Crippen LogP contribution in [0, 0.1) is 0 Å². The van der Waals surface area contributed by atoms with Crippen molar-refractivity contribution in [2.45, 2.75) is 0 Å². The van der Waals surface area contributed by atoms with Gasteiger partial charge in [-0.25, -0.2) is 0 Å². The Labute approximate surface area is 109 Å². The smallest absolute Gasteiger partial charge is 0.171 e. The maximum Gasteiger partial charge on any atom is 0.171 e. The minimum absolute atomic E-state index is 0.113. The summed E-state index contributed by atoms with van der Waals surface area (Å²) in [6.07, 6.45) is 0. The lowest BCUT2D eigenvalue weighted by molar-refractivity contribution is 0.475. The Morgan fingerprint density at radius 3 is 1.37 bits per heavy atom. The van der Waals surface area contributed by atoms with Crippen molar-refractivity contribution in [3.8, 4) is 11.5 Å². The monoisotopic (exact) mass is 256 g/mol. The summed E-state index contributed by atoms with van der Waals surface area (Å²) in [6, 6.07) is 12.7. The molecule has 0 fully saturated rings. The highest BCUT2D eigenvalue weighted by atomic mass is 16.3. The number of hydrogen-bond acceptors (Lipinski definition) is 6. The zero-order valence-electron chi connectivity index (χ0n) is 10.0. The van der Waals surface area contributed by atoms with Gasteiger partial charge in [0.15, 0.2) is 6.67 Å². The van der Waals surface area contributed by atoms with E-state index < -0.39 is 0 Å². The molecule has 0 atom stereocenters. The quantitative estimate of drug-likeness (QED) is 0.811. The van der Waals surface area contributed by atoms with Gasteiger partial charge in [-0.15, -0.1) is 0 Å². The lowest BCUT2D eigenvalue weighted by Crippen LogP contribution is -1.70. The molecule has 0 aliphatic rings. The van der Waals surface area contributed by atoms with Crippen LogP contribution in [0.2, 0.25) is 0 Å². The Morgan fingerprint density at radius 1 is 0.632 bits per heavy atom. The van der Waals surface area contributed by atoms with Crippen molar-refractivity contribution in [3.63, 3.8) is 0 Å². The average Bonchev–Trinajstić information content (AvgIpc) is 2.43. The van der Waals surface area contributed by atoms with Crippen molar-refractivity contribution in [1.29, 1.82) is 0 Å². The minimum Gasteiger partial charge on any atom is -0.508 e.